The van der Waals surface area contributed by atoms with Gasteiger partial charge in [-0.3, -0.25) is 4.79 Å². The second-order valence-corrected chi connectivity index (χ2v) is 10.3. The Balaban J connectivity index is 1.34. The van der Waals surface area contributed by atoms with Crippen molar-refractivity contribution in [1.29, 1.82) is 5.26 Å². The molecular weight excluding hydrogens is 563 g/mol. The second-order valence-electron chi connectivity index (χ2n) is 9.13. The van der Waals surface area contributed by atoms with Crippen LogP contribution in [0.25, 0.3) is 0 Å². The van der Waals surface area contributed by atoms with Gasteiger partial charge >= 0.3 is 0 Å². The van der Waals surface area contributed by atoms with Gasteiger partial charge in [0, 0.05) is 44.6 Å². The second kappa shape index (κ2) is 14.5. The number of halogens is 2. The lowest BCUT2D eigenvalue weighted by molar-refractivity contribution is -0.120. The number of rotatable bonds is 11. The molecule has 3 aromatic carbocycles. The van der Waals surface area contributed by atoms with Gasteiger partial charge in [0.05, 0.1) is 34.4 Å². The normalized spacial score (nSPS) is 10.5. The van der Waals surface area contributed by atoms with Crippen LogP contribution < -0.4 is 10.6 Å². The van der Waals surface area contributed by atoms with Gasteiger partial charge in [-0.2, -0.15) is 5.26 Å². The number of carbonyl (C=O) groups excluding carboxylic acids is 1. The lowest BCUT2D eigenvalue weighted by Gasteiger charge is -2.27. The molecule has 1 aromatic heterocycles. The smallest absolute Gasteiger partial charge is 0.226 e. The van der Waals surface area contributed by atoms with E-state index in [2.05, 4.69) is 21.7 Å². The summed E-state index contributed by atoms with van der Waals surface area (Å²) in [7, 11) is 0. The van der Waals surface area contributed by atoms with Crippen molar-refractivity contribution >= 4 is 46.4 Å². The number of nitriles is 1. The maximum Gasteiger partial charge on any atom is 0.226 e. The molecule has 40 heavy (non-hydrogen) atoms. The molecule has 0 aliphatic heterocycles. The van der Waals surface area contributed by atoms with E-state index in [0.717, 1.165) is 22.4 Å². The van der Waals surface area contributed by atoms with Gasteiger partial charge in [0.1, 0.15) is 0 Å². The molecule has 0 bridgehead atoms. The zero-order valence-corrected chi connectivity index (χ0v) is 24.0. The molecule has 204 valence electrons. The molecule has 4 aromatic rings. The number of carbonyl (C=O) groups is 1. The average Bonchev–Trinajstić information content (AvgIpc) is 3.40. The minimum Gasteiger partial charge on any atom is -0.358 e. The first-order valence-electron chi connectivity index (χ1n) is 12.7. The minimum absolute atomic E-state index is 0.120. The Morgan fingerprint density at radius 2 is 1.77 bits per heavy atom. The van der Waals surface area contributed by atoms with Gasteiger partial charge in [-0.1, -0.05) is 77.8 Å². The number of benzene rings is 3. The summed E-state index contributed by atoms with van der Waals surface area (Å²) in [5.74, 6) is -0.120. The first-order chi connectivity index (χ1) is 19.4. The van der Waals surface area contributed by atoms with Crippen LogP contribution in [0.5, 0.6) is 0 Å². The molecule has 0 unspecified atom stereocenters. The Hall–Kier alpha value is -3.90. The molecule has 1 amide bonds. The van der Waals surface area contributed by atoms with E-state index in [4.69, 9.17) is 40.7 Å². The van der Waals surface area contributed by atoms with E-state index in [1.807, 2.05) is 64.1 Å². The third-order valence-electron chi connectivity index (χ3n) is 6.25. The van der Waals surface area contributed by atoms with E-state index in [1.165, 1.54) is 0 Å². The number of hydrogen-bond donors (Lipinski definition) is 2. The Labute approximate surface area is 249 Å². The Kier molecular flexibility index (Phi) is 10.5. The molecule has 1 heterocycles. The van der Waals surface area contributed by atoms with Gasteiger partial charge in [0.2, 0.25) is 5.91 Å². The van der Waals surface area contributed by atoms with Gasteiger partial charge in [-0.05, 0) is 47.1 Å². The maximum absolute atomic E-state index is 12.8. The summed E-state index contributed by atoms with van der Waals surface area (Å²) in [5, 5.41) is 16.8. The lowest BCUT2D eigenvalue weighted by atomic mass is 10.1. The van der Waals surface area contributed by atoms with Crippen molar-refractivity contribution in [1.82, 2.24) is 25.1 Å². The molecule has 0 saturated carbocycles. The molecule has 10 heteroatoms. The van der Waals surface area contributed by atoms with E-state index < -0.39 is 0 Å². The highest BCUT2D eigenvalue weighted by molar-refractivity contribution is 7.80. The van der Waals surface area contributed by atoms with Crippen molar-refractivity contribution in [3.63, 3.8) is 0 Å². The molecule has 7 nitrogen and oxygen atoms in total. The lowest BCUT2D eigenvalue weighted by Crippen LogP contribution is -2.43. The molecule has 0 saturated heterocycles. The SMILES string of the molecule is N#Cc1ccc(Cn2cncc2CC(=O)NCCN(Cc2cccc(Cl)c2Cl)C(=S)NCc2ccccc2)cc1. The van der Waals surface area contributed by atoms with Crippen molar-refractivity contribution in [3.05, 3.63) is 123 Å². The zero-order valence-electron chi connectivity index (χ0n) is 21.7. The van der Waals surface area contributed by atoms with Crippen LogP contribution in [-0.4, -0.2) is 38.6 Å². The summed E-state index contributed by atoms with van der Waals surface area (Å²) >= 11 is 18.4. The molecule has 4 rings (SSSR count). The molecule has 0 radical (unpaired) electrons. The number of nitrogens with zero attached hydrogens (tertiary/aromatic N) is 4. The standard InChI is InChI=1S/C30H28Cl2N6OS/c31-27-8-4-7-25(29(27)32)20-37(30(40)36-17-23-5-2-1-3-6-23)14-13-35-28(39)15-26-18-34-21-38(26)19-24-11-9-22(16-33)10-12-24/h1-12,18,21H,13-15,17,19-20H2,(H,35,39)(H,36,40). The predicted molar refractivity (Wildman–Crippen MR) is 162 cm³/mol. The first kappa shape index (κ1) is 29.1. The molecule has 0 aliphatic rings. The van der Waals surface area contributed by atoms with Crippen LogP contribution in [0.2, 0.25) is 10.0 Å². The number of thiocarbonyl (C=S) groups is 1. The molecule has 2 N–H and O–H groups in total. The van der Waals surface area contributed by atoms with Crippen LogP contribution in [0.3, 0.4) is 0 Å². The van der Waals surface area contributed by atoms with E-state index in [9.17, 15) is 4.79 Å². The number of hydrogen-bond acceptors (Lipinski definition) is 4. The Morgan fingerprint density at radius 1 is 1.00 bits per heavy atom. The monoisotopic (exact) mass is 590 g/mol. The third kappa shape index (κ3) is 8.30. The summed E-state index contributed by atoms with van der Waals surface area (Å²) in [6, 6.07) is 25.0. The largest absolute Gasteiger partial charge is 0.358 e. The average molecular weight is 592 g/mol. The predicted octanol–water partition coefficient (Wildman–Crippen LogP) is 5.35. The number of imidazole rings is 1. The van der Waals surface area contributed by atoms with Crippen molar-refractivity contribution in [2.75, 3.05) is 13.1 Å². The van der Waals surface area contributed by atoms with Gasteiger partial charge in [0.25, 0.3) is 0 Å². The van der Waals surface area contributed by atoms with Crippen LogP contribution >= 0.6 is 35.4 Å². The summed E-state index contributed by atoms with van der Waals surface area (Å²) in [5.41, 5.74) is 4.37. The van der Waals surface area contributed by atoms with Gasteiger partial charge in [-0.25, -0.2) is 4.98 Å². The van der Waals surface area contributed by atoms with Crippen molar-refractivity contribution in [2.24, 2.45) is 0 Å². The first-order valence-corrected chi connectivity index (χ1v) is 13.8. The highest BCUT2D eigenvalue weighted by Crippen LogP contribution is 2.26. The van der Waals surface area contributed by atoms with Crippen molar-refractivity contribution in [3.8, 4) is 6.07 Å². The molecule has 0 atom stereocenters. The van der Waals surface area contributed by atoms with Crippen LogP contribution in [0.1, 0.15) is 27.9 Å². The topological polar surface area (TPSA) is 86.0 Å². The number of amides is 1. The quantitative estimate of drug-likeness (QED) is 0.229. The van der Waals surface area contributed by atoms with Gasteiger partial charge < -0.3 is 20.1 Å². The fraction of sp³-hybridized carbons (Fsp3) is 0.200. The van der Waals surface area contributed by atoms with Crippen molar-refractivity contribution < 1.29 is 4.79 Å². The van der Waals surface area contributed by atoms with Crippen molar-refractivity contribution in [2.45, 2.75) is 26.1 Å². The van der Waals surface area contributed by atoms with Crippen LogP contribution in [0.4, 0.5) is 0 Å². The third-order valence-corrected chi connectivity index (χ3v) is 7.51. The summed E-state index contributed by atoms with van der Waals surface area (Å²) in [6.45, 7) is 2.43. The van der Waals surface area contributed by atoms with E-state index >= 15 is 0 Å². The Morgan fingerprint density at radius 3 is 2.52 bits per heavy atom. The van der Waals surface area contributed by atoms with Gasteiger partial charge in [0.15, 0.2) is 5.11 Å². The molecule has 0 aliphatic carbocycles. The summed E-state index contributed by atoms with van der Waals surface area (Å²) < 4.78 is 1.93. The Bertz CT molecular complexity index is 1480. The molecular formula is C30H28Cl2N6OS. The van der Waals surface area contributed by atoms with E-state index in [1.54, 1.807) is 30.7 Å². The highest BCUT2D eigenvalue weighted by atomic mass is 35.5. The molecule has 0 spiro atoms. The van der Waals surface area contributed by atoms with Crippen LogP contribution in [-0.2, 0) is 30.8 Å². The van der Waals surface area contributed by atoms with E-state index in [0.29, 0.717) is 53.4 Å². The minimum atomic E-state index is -0.120. The summed E-state index contributed by atoms with van der Waals surface area (Å²) in [4.78, 5) is 19.0. The fourth-order valence-corrected chi connectivity index (χ4v) is 4.70. The maximum atomic E-state index is 12.8. The summed E-state index contributed by atoms with van der Waals surface area (Å²) in [6.07, 6.45) is 3.58. The highest BCUT2D eigenvalue weighted by Gasteiger charge is 2.15. The number of nitrogens with one attached hydrogen (secondary N) is 2. The number of aromatic nitrogens is 2. The van der Waals surface area contributed by atoms with Crippen LogP contribution in [0.15, 0.2) is 85.3 Å². The van der Waals surface area contributed by atoms with Crippen LogP contribution in [0, 0.1) is 11.3 Å². The van der Waals surface area contributed by atoms with Gasteiger partial charge in [-0.15, -0.1) is 0 Å². The fourth-order valence-electron chi connectivity index (χ4n) is 4.09. The molecule has 0 fully saturated rings. The zero-order chi connectivity index (χ0) is 28.3. The van der Waals surface area contributed by atoms with E-state index in [-0.39, 0.29) is 12.3 Å².